The summed E-state index contributed by atoms with van der Waals surface area (Å²) in [5.74, 6) is -1.50. The molecule has 1 atom stereocenters. The summed E-state index contributed by atoms with van der Waals surface area (Å²) in [5, 5.41) is 10.5. The smallest absolute Gasteiger partial charge is 0.475 e. The quantitative estimate of drug-likeness (QED) is 0.732. The topological polar surface area (TPSA) is 104 Å². The molecule has 11 heteroatoms. The van der Waals surface area contributed by atoms with Gasteiger partial charge in [-0.15, -0.1) is 0 Å². The Morgan fingerprint density at radius 2 is 1.67 bits per heavy atom. The minimum atomic E-state index is -5.08. The van der Waals surface area contributed by atoms with E-state index in [-0.39, 0.29) is 10.8 Å². The normalized spacial score (nSPS) is 20.4. The van der Waals surface area contributed by atoms with Gasteiger partial charge in [-0.25, -0.2) is 13.2 Å². The lowest BCUT2D eigenvalue weighted by Gasteiger charge is -2.35. The Bertz CT molecular complexity index is 859. The van der Waals surface area contributed by atoms with Crippen LogP contribution in [0.25, 0.3) is 0 Å². The molecule has 0 radical (unpaired) electrons. The number of aliphatic carboxylic acids is 1. The SMILES string of the molecule is CS(=O)(=O)c1ccccc1C(=O)N1CCC(C2CCNC2)CC1.O=C(O)C(F)(F)F. The van der Waals surface area contributed by atoms with E-state index in [1.165, 1.54) is 12.5 Å². The standard InChI is InChI=1S/C17H24N2O3S.C2HF3O2/c1-23(21,22)16-5-3-2-4-15(16)17(20)19-10-7-13(8-11-19)14-6-9-18-12-14;3-2(4,5)1(6)7/h2-5,13-14,18H,6-12H2,1H3;(H,6,7). The molecule has 1 aromatic rings. The summed E-state index contributed by atoms with van der Waals surface area (Å²) in [4.78, 5) is 23.6. The lowest BCUT2D eigenvalue weighted by molar-refractivity contribution is -0.192. The number of nitrogens with zero attached hydrogens (tertiary/aromatic N) is 1. The molecule has 0 bridgehead atoms. The van der Waals surface area contributed by atoms with Gasteiger partial charge in [0.1, 0.15) is 0 Å². The first-order valence-corrected chi connectivity index (χ1v) is 11.4. The van der Waals surface area contributed by atoms with Crippen LogP contribution in [0.3, 0.4) is 0 Å². The van der Waals surface area contributed by atoms with E-state index in [4.69, 9.17) is 9.90 Å². The Morgan fingerprint density at radius 3 is 2.13 bits per heavy atom. The minimum Gasteiger partial charge on any atom is -0.475 e. The zero-order valence-electron chi connectivity index (χ0n) is 16.5. The van der Waals surface area contributed by atoms with E-state index in [0.29, 0.717) is 11.5 Å². The molecule has 2 fully saturated rings. The Morgan fingerprint density at radius 1 is 1.10 bits per heavy atom. The van der Waals surface area contributed by atoms with E-state index in [1.54, 1.807) is 18.2 Å². The number of likely N-dealkylation sites (tertiary alicyclic amines) is 1. The molecule has 168 valence electrons. The van der Waals surface area contributed by atoms with Gasteiger partial charge >= 0.3 is 12.1 Å². The van der Waals surface area contributed by atoms with Crippen molar-refractivity contribution >= 4 is 21.7 Å². The van der Waals surface area contributed by atoms with Crippen molar-refractivity contribution in [2.45, 2.75) is 30.3 Å². The van der Waals surface area contributed by atoms with Crippen LogP contribution in [0.4, 0.5) is 13.2 Å². The number of piperidine rings is 1. The van der Waals surface area contributed by atoms with Gasteiger partial charge < -0.3 is 15.3 Å². The Hall–Kier alpha value is -2.14. The number of halogens is 3. The van der Waals surface area contributed by atoms with E-state index in [0.717, 1.165) is 51.2 Å². The lowest BCUT2D eigenvalue weighted by atomic mass is 9.83. The van der Waals surface area contributed by atoms with E-state index >= 15 is 0 Å². The molecule has 3 rings (SSSR count). The highest BCUT2D eigenvalue weighted by Crippen LogP contribution is 2.30. The van der Waals surface area contributed by atoms with Crippen molar-refractivity contribution in [3.05, 3.63) is 29.8 Å². The van der Waals surface area contributed by atoms with Crippen molar-refractivity contribution in [2.24, 2.45) is 11.8 Å². The van der Waals surface area contributed by atoms with E-state index in [1.807, 2.05) is 4.90 Å². The van der Waals surface area contributed by atoms with Crippen molar-refractivity contribution in [1.29, 1.82) is 0 Å². The second-order valence-electron chi connectivity index (χ2n) is 7.45. The zero-order chi connectivity index (χ0) is 22.5. The first kappa shape index (κ1) is 24.1. The van der Waals surface area contributed by atoms with Crippen LogP contribution in [-0.2, 0) is 14.6 Å². The van der Waals surface area contributed by atoms with Gasteiger partial charge in [0.25, 0.3) is 5.91 Å². The summed E-state index contributed by atoms with van der Waals surface area (Å²) in [7, 11) is -3.40. The third-order valence-corrected chi connectivity index (χ3v) is 6.51. The van der Waals surface area contributed by atoms with Gasteiger partial charge in [0.2, 0.25) is 0 Å². The van der Waals surface area contributed by atoms with Crippen LogP contribution in [0.2, 0.25) is 0 Å². The van der Waals surface area contributed by atoms with Crippen molar-refractivity contribution in [1.82, 2.24) is 10.2 Å². The summed E-state index contributed by atoms with van der Waals surface area (Å²) in [6, 6.07) is 6.51. The van der Waals surface area contributed by atoms with E-state index < -0.39 is 22.0 Å². The van der Waals surface area contributed by atoms with Crippen molar-refractivity contribution in [2.75, 3.05) is 32.4 Å². The average Bonchev–Trinajstić information content (AvgIpc) is 3.21. The molecule has 2 aliphatic heterocycles. The molecule has 0 spiro atoms. The molecule has 2 saturated heterocycles. The second-order valence-corrected chi connectivity index (χ2v) is 9.44. The highest BCUT2D eigenvalue weighted by Gasteiger charge is 2.38. The van der Waals surface area contributed by atoms with Crippen molar-refractivity contribution < 1.29 is 36.3 Å². The number of amides is 1. The van der Waals surface area contributed by atoms with Crippen LogP contribution in [0, 0.1) is 11.8 Å². The van der Waals surface area contributed by atoms with Crippen LogP contribution in [-0.4, -0.2) is 68.9 Å². The number of alkyl halides is 3. The molecule has 0 aliphatic carbocycles. The van der Waals surface area contributed by atoms with Crippen molar-refractivity contribution in [3.8, 4) is 0 Å². The first-order chi connectivity index (χ1) is 13.9. The molecule has 7 nitrogen and oxygen atoms in total. The number of carbonyl (C=O) groups excluding carboxylic acids is 1. The maximum absolute atomic E-state index is 12.7. The largest absolute Gasteiger partial charge is 0.490 e. The van der Waals surface area contributed by atoms with Crippen LogP contribution in [0.1, 0.15) is 29.6 Å². The third-order valence-electron chi connectivity index (χ3n) is 5.35. The maximum Gasteiger partial charge on any atom is 0.490 e. The fourth-order valence-electron chi connectivity index (χ4n) is 3.79. The highest BCUT2D eigenvalue weighted by atomic mass is 32.2. The van der Waals surface area contributed by atoms with E-state index in [9.17, 15) is 26.4 Å². The molecule has 1 amide bonds. The molecule has 0 saturated carbocycles. The van der Waals surface area contributed by atoms with Crippen LogP contribution in [0.15, 0.2) is 29.2 Å². The van der Waals surface area contributed by atoms with Gasteiger partial charge in [0.05, 0.1) is 10.5 Å². The lowest BCUT2D eigenvalue weighted by Crippen LogP contribution is -2.40. The molecule has 0 aromatic heterocycles. The summed E-state index contributed by atoms with van der Waals surface area (Å²) < 4.78 is 55.5. The number of carbonyl (C=O) groups is 2. The summed E-state index contributed by atoms with van der Waals surface area (Å²) in [6.07, 6.45) is -0.674. The molecule has 30 heavy (non-hydrogen) atoms. The highest BCUT2D eigenvalue weighted by molar-refractivity contribution is 7.90. The molecular formula is C19H25F3N2O5S. The summed E-state index contributed by atoms with van der Waals surface area (Å²) in [6.45, 7) is 3.64. The number of rotatable bonds is 3. The predicted molar refractivity (Wildman–Crippen MR) is 103 cm³/mol. The predicted octanol–water partition coefficient (Wildman–Crippen LogP) is 2.19. The second kappa shape index (κ2) is 9.78. The fraction of sp³-hybridized carbons (Fsp3) is 0.579. The monoisotopic (exact) mass is 450 g/mol. The molecule has 2 heterocycles. The summed E-state index contributed by atoms with van der Waals surface area (Å²) >= 11 is 0. The Balaban J connectivity index is 0.000000396. The van der Waals surface area contributed by atoms with Gasteiger partial charge in [-0.1, -0.05) is 12.1 Å². The van der Waals surface area contributed by atoms with Crippen LogP contribution >= 0.6 is 0 Å². The number of sulfone groups is 1. The van der Waals surface area contributed by atoms with Gasteiger partial charge in [-0.05, 0) is 56.3 Å². The number of hydrogen-bond acceptors (Lipinski definition) is 5. The molecule has 2 N–H and O–H groups in total. The minimum absolute atomic E-state index is 0.132. The fourth-order valence-corrected chi connectivity index (χ4v) is 4.67. The number of benzene rings is 1. The van der Waals surface area contributed by atoms with Gasteiger partial charge in [-0.2, -0.15) is 13.2 Å². The molecular weight excluding hydrogens is 425 g/mol. The van der Waals surface area contributed by atoms with Gasteiger partial charge in [0, 0.05) is 19.3 Å². The summed E-state index contributed by atoms with van der Waals surface area (Å²) in [5.41, 5.74) is 0.302. The number of nitrogens with one attached hydrogen (secondary N) is 1. The zero-order valence-corrected chi connectivity index (χ0v) is 17.3. The van der Waals surface area contributed by atoms with Crippen LogP contribution < -0.4 is 5.32 Å². The molecule has 1 aromatic carbocycles. The van der Waals surface area contributed by atoms with E-state index in [2.05, 4.69) is 5.32 Å². The van der Waals surface area contributed by atoms with Gasteiger partial charge in [0.15, 0.2) is 9.84 Å². The maximum atomic E-state index is 12.7. The third kappa shape index (κ3) is 6.43. The van der Waals surface area contributed by atoms with Crippen molar-refractivity contribution in [3.63, 3.8) is 0 Å². The number of hydrogen-bond donors (Lipinski definition) is 2. The number of carboxylic acids is 1. The Labute approximate surface area is 173 Å². The average molecular weight is 450 g/mol. The Kier molecular flexibility index (Phi) is 7.87. The number of carboxylic acid groups (broad SMARTS) is 1. The van der Waals surface area contributed by atoms with Crippen LogP contribution in [0.5, 0.6) is 0 Å². The molecule has 2 aliphatic rings. The first-order valence-electron chi connectivity index (χ1n) is 9.50. The molecule has 1 unspecified atom stereocenters. The van der Waals surface area contributed by atoms with Gasteiger partial charge in [-0.3, -0.25) is 4.79 Å².